The first-order valence-electron chi connectivity index (χ1n) is 7.58. The Balaban J connectivity index is 2.15. The molecule has 1 amide bonds. The van der Waals surface area contributed by atoms with Crippen molar-refractivity contribution in [3.63, 3.8) is 0 Å². The number of alkyl halides is 2. The van der Waals surface area contributed by atoms with Crippen LogP contribution in [0.5, 0.6) is 0 Å². The number of pyridine rings is 1. The third-order valence-electron chi connectivity index (χ3n) is 4.20. The van der Waals surface area contributed by atoms with Crippen molar-refractivity contribution in [3.8, 4) is 6.07 Å². The van der Waals surface area contributed by atoms with Crippen LogP contribution in [0.15, 0.2) is 30.3 Å². The lowest BCUT2D eigenvalue weighted by molar-refractivity contribution is -0.119. The highest BCUT2D eigenvalue weighted by atomic mass is 19.3. The van der Waals surface area contributed by atoms with E-state index in [2.05, 4.69) is 4.98 Å². The number of Topliss-reactive ketones (excluding diaryl/α,β-unsaturated/α-hetero) is 1. The van der Waals surface area contributed by atoms with Crippen molar-refractivity contribution in [1.29, 1.82) is 5.26 Å². The molecule has 2 N–H and O–H groups in total. The van der Waals surface area contributed by atoms with Crippen LogP contribution in [0.1, 0.15) is 28.5 Å². The number of fused-ring (bicyclic) bond motifs is 1. The van der Waals surface area contributed by atoms with Crippen molar-refractivity contribution >= 4 is 22.6 Å². The topological polar surface area (TPSA) is 100 Å². The van der Waals surface area contributed by atoms with E-state index in [1.165, 1.54) is 17.0 Å². The maximum Gasteiger partial charge on any atom is 0.261 e. The summed E-state index contributed by atoms with van der Waals surface area (Å²) in [5.41, 5.74) is 6.00. The molecule has 0 bridgehead atoms. The van der Waals surface area contributed by atoms with E-state index < -0.39 is 36.6 Å². The number of hydrogen-bond donors (Lipinski definition) is 1. The van der Waals surface area contributed by atoms with Gasteiger partial charge >= 0.3 is 0 Å². The SMILES string of the molecule is N#CC(=O)C(c1cc(C(N)=O)c2ccccc2n1)N1CCC(F)(F)C1. The minimum Gasteiger partial charge on any atom is -0.366 e. The lowest BCUT2D eigenvalue weighted by Crippen LogP contribution is -2.34. The van der Waals surface area contributed by atoms with Crippen LogP contribution in [-0.2, 0) is 4.79 Å². The average molecular weight is 344 g/mol. The Bertz CT molecular complexity index is 907. The summed E-state index contributed by atoms with van der Waals surface area (Å²) in [5, 5.41) is 9.51. The molecule has 0 radical (unpaired) electrons. The number of aromatic nitrogens is 1. The molecule has 6 nitrogen and oxygen atoms in total. The van der Waals surface area contributed by atoms with Gasteiger partial charge in [-0.3, -0.25) is 19.5 Å². The van der Waals surface area contributed by atoms with E-state index in [0.717, 1.165) is 0 Å². The van der Waals surface area contributed by atoms with Crippen LogP contribution in [0.3, 0.4) is 0 Å². The largest absolute Gasteiger partial charge is 0.366 e. The number of hydrogen-bond acceptors (Lipinski definition) is 5. The first-order chi connectivity index (χ1) is 11.8. The Morgan fingerprint density at radius 3 is 2.68 bits per heavy atom. The lowest BCUT2D eigenvalue weighted by Gasteiger charge is -2.24. The number of likely N-dealkylation sites (tertiary alicyclic amines) is 1. The summed E-state index contributed by atoms with van der Waals surface area (Å²) in [6.45, 7) is -0.697. The lowest BCUT2D eigenvalue weighted by atomic mass is 10.0. The summed E-state index contributed by atoms with van der Waals surface area (Å²) in [5.74, 6) is -4.57. The number of primary amides is 1. The molecule has 25 heavy (non-hydrogen) atoms. The molecule has 1 unspecified atom stereocenters. The maximum absolute atomic E-state index is 13.6. The molecule has 1 fully saturated rings. The summed E-state index contributed by atoms with van der Waals surface area (Å²) < 4.78 is 27.1. The zero-order valence-electron chi connectivity index (χ0n) is 13.1. The average Bonchev–Trinajstić information content (AvgIpc) is 2.93. The zero-order valence-corrected chi connectivity index (χ0v) is 13.1. The third-order valence-corrected chi connectivity index (χ3v) is 4.20. The smallest absolute Gasteiger partial charge is 0.261 e. The van der Waals surface area contributed by atoms with Crippen molar-refractivity contribution in [2.24, 2.45) is 5.73 Å². The molecule has 1 aromatic heterocycles. The molecule has 1 atom stereocenters. The highest BCUT2D eigenvalue weighted by Gasteiger charge is 2.44. The van der Waals surface area contributed by atoms with Gasteiger partial charge in [-0.05, 0) is 12.1 Å². The Labute approximate surface area is 141 Å². The predicted molar refractivity (Wildman–Crippen MR) is 84.8 cm³/mol. The molecule has 1 aromatic carbocycles. The van der Waals surface area contributed by atoms with E-state index in [-0.39, 0.29) is 17.8 Å². The maximum atomic E-state index is 13.6. The fourth-order valence-corrected chi connectivity index (χ4v) is 3.07. The summed E-state index contributed by atoms with van der Waals surface area (Å²) in [6.07, 6.45) is -0.404. The molecule has 3 rings (SSSR count). The molecule has 0 saturated carbocycles. The van der Waals surface area contributed by atoms with Gasteiger partial charge in [-0.25, -0.2) is 8.78 Å². The molecule has 2 heterocycles. The summed E-state index contributed by atoms with van der Waals surface area (Å²) in [4.78, 5) is 29.4. The number of para-hydroxylation sites is 1. The van der Waals surface area contributed by atoms with Crippen molar-refractivity contribution in [2.45, 2.75) is 18.4 Å². The molecule has 1 aliphatic rings. The van der Waals surface area contributed by atoms with Gasteiger partial charge in [-0.15, -0.1) is 0 Å². The van der Waals surface area contributed by atoms with Gasteiger partial charge in [0.2, 0.25) is 5.91 Å². The Morgan fingerprint density at radius 2 is 2.08 bits per heavy atom. The highest BCUT2D eigenvalue weighted by Crippen LogP contribution is 2.34. The number of ketones is 1. The number of halogens is 2. The van der Waals surface area contributed by atoms with E-state index in [1.807, 2.05) is 0 Å². The van der Waals surface area contributed by atoms with Crippen LogP contribution in [0.25, 0.3) is 10.9 Å². The third kappa shape index (κ3) is 3.19. The van der Waals surface area contributed by atoms with E-state index in [1.54, 1.807) is 24.3 Å². The van der Waals surface area contributed by atoms with E-state index in [0.29, 0.717) is 10.9 Å². The van der Waals surface area contributed by atoms with E-state index in [9.17, 15) is 18.4 Å². The van der Waals surface area contributed by atoms with Gasteiger partial charge in [0.25, 0.3) is 11.7 Å². The van der Waals surface area contributed by atoms with Crippen LogP contribution in [-0.4, -0.2) is 40.6 Å². The number of nitrogens with zero attached hydrogens (tertiary/aromatic N) is 3. The predicted octanol–water partition coefficient (Wildman–Crippen LogP) is 1.81. The molecule has 8 heteroatoms. The monoisotopic (exact) mass is 344 g/mol. The number of amides is 1. The van der Waals surface area contributed by atoms with Gasteiger partial charge in [-0.2, -0.15) is 5.26 Å². The summed E-state index contributed by atoms with van der Waals surface area (Å²) in [6, 6.07) is 8.19. The molecule has 2 aromatic rings. The van der Waals surface area contributed by atoms with Crippen molar-refractivity contribution in [1.82, 2.24) is 9.88 Å². The van der Waals surface area contributed by atoms with Gasteiger partial charge in [0, 0.05) is 18.4 Å². The first-order valence-corrected chi connectivity index (χ1v) is 7.58. The van der Waals surface area contributed by atoms with Crippen molar-refractivity contribution in [3.05, 3.63) is 41.6 Å². The van der Waals surface area contributed by atoms with Gasteiger partial charge in [0.05, 0.1) is 23.3 Å². The molecule has 1 saturated heterocycles. The van der Waals surface area contributed by atoms with Crippen LogP contribution in [0.2, 0.25) is 0 Å². The molecule has 1 aliphatic heterocycles. The number of benzene rings is 1. The Hall–Kier alpha value is -2.92. The van der Waals surface area contributed by atoms with E-state index in [4.69, 9.17) is 11.0 Å². The van der Waals surface area contributed by atoms with E-state index >= 15 is 0 Å². The van der Waals surface area contributed by atoms with Gasteiger partial charge in [-0.1, -0.05) is 18.2 Å². The number of nitriles is 1. The minimum absolute atomic E-state index is 0.0501. The van der Waals surface area contributed by atoms with Gasteiger partial charge < -0.3 is 5.73 Å². The van der Waals surface area contributed by atoms with Gasteiger partial charge in [0.1, 0.15) is 12.1 Å². The number of carbonyl (C=O) groups is 2. The number of nitrogens with two attached hydrogens (primary N) is 1. The first kappa shape index (κ1) is 16.9. The van der Waals surface area contributed by atoms with Crippen molar-refractivity contribution < 1.29 is 18.4 Å². The van der Waals surface area contributed by atoms with Crippen LogP contribution in [0.4, 0.5) is 8.78 Å². The summed E-state index contributed by atoms with van der Waals surface area (Å²) in [7, 11) is 0. The normalized spacial score (nSPS) is 18.0. The quantitative estimate of drug-likeness (QED) is 0.853. The van der Waals surface area contributed by atoms with Crippen LogP contribution < -0.4 is 5.73 Å². The van der Waals surface area contributed by atoms with Gasteiger partial charge in [0.15, 0.2) is 0 Å². The molecule has 0 spiro atoms. The fraction of sp³-hybridized carbons (Fsp3) is 0.294. The molecular formula is C17H14F2N4O2. The highest BCUT2D eigenvalue weighted by molar-refractivity contribution is 6.06. The second kappa shape index (κ2) is 6.18. The zero-order chi connectivity index (χ0) is 18.2. The Kier molecular flexibility index (Phi) is 4.18. The van der Waals surface area contributed by atoms with Crippen molar-refractivity contribution in [2.75, 3.05) is 13.1 Å². The number of carbonyl (C=O) groups excluding carboxylic acids is 2. The second-order valence-electron chi connectivity index (χ2n) is 5.93. The Morgan fingerprint density at radius 1 is 1.36 bits per heavy atom. The fourth-order valence-electron chi connectivity index (χ4n) is 3.07. The molecule has 128 valence electrons. The summed E-state index contributed by atoms with van der Waals surface area (Å²) >= 11 is 0. The molecule has 0 aliphatic carbocycles. The second-order valence-corrected chi connectivity index (χ2v) is 5.93. The standard InChI is InChI=1S/C17H14F2N4O2/c18-17(19)5-6-23(9-17)15(14(24)8-20)13-7-11(16(21)25)10-3-1-2-4-12(10)22-13/h1-4,7,15H,5-6,9H2,(H2,21,25). The van der Waals surface area contributed by atoms with Crippen LogP contribution >= 0.6 is 0 Å². The minimum atomic E-state index is -2.93. The number of rotatable bonds is 4. The molecular weight excluding hydrogens is 330 g/mol. The van der Waals surface area contributed by atoms with Crippen LogP contribution in [0, 0.1) is 11.3 Å².